The fourth-order valence-electron chi connectivity index (χ4n) is 3.97. The maximum Gasteiger partial charge on any atom is 0.261 e. The van der Waals surface area contributed by atoms with Gasteiger partial charge in [0.05, 0.1) is 6.61 Å². The van der Waals surface area contributed by atoms with Gasteiger partial charge in [-0.3, -0.25) is 4.79 Å². The lowest BCUT2D eigenvalue weighted by Crippen LogP contribution is -2.51. The molecule has 6 heteroatoms. The highest BCUT2D eigenvalue weighted by Crippen LogP contribution is 2.40. The molecular weight excluding hydrogens is 385 g/mol. The Morgan fingerprint density at radius 2 is 1.81 bits per heavy atom. The molecule has 1 atom stereocenters. The van der Waals surface area contributed by atoms with Crippen molar-refractivity contribution < 1.29 is 15.0 Å². The van der Waals surface area contributed by atoms with E-state index in [-0.39, 0.29) is 0 Å². The van der Waals surface area contributed by atoms with Crippen molar-refractivity contribution in [1.29, 1.82) is 0 Å². The van der Waals surface area contributed by atoms with Crippen molar-refractivity contribution in [2.75, 3.05) is 19.7 Å². The molecule has 0 saturated heterocycles. The minimum atomic E-state index is -1.97. The number of hydrogen-bond donors (Lipinski definition) is 2. The van der Waals surface area contributed by atoms with E-state index in [1.54, 1.807) is 29.2 Å². The lowest BCUT2D eigenvalue weighted by molar-refractivity contribution is -0.156. The minimum Gasteiger partial charge on any atom is -0.392 e. The second kappa shape index (κ2) is 6.95. The van der Waals surface area contributed by atoms with Crippen LogP contribution in [0.3, 0.4) is 0 Å². The highest BCUT2D eigenvalue weighted by Gasteiger charge is 2.42. The van der Waals surface area contributed by atoms with Crippen molar-refractivity contribution in [2.24, 2.45) is 0 Å². The van der Waals surface area contributed by atoms with Crippen LogP contribution in [0.5, 0.6) is 0 Å². The van der Waals surface area contributed by atoms with Crippen LogP contribution < -0.4 is 0 Å². The van der Waals surface area contributed by atoms with E-state index in [4.69, 9.17) is 23.2 Å². The van der Waals surface area contributed by atoms with Gasteiger partial charge in [0.15, 0.2) is 5.60 Å². The molecule has 2 N–H and O–H groups in total. The molecule has 4 rings (SSSR count). The summed E-state index contributed by atoms with van der Waals surface area (Å²) in [6, 6.07) is 12.2. The Hall–Kier alpha value is -1.85. The summed E-state index contributed by atoms with van der Waals surface area (Å²) in [7, 11) is 0. The Bertz CT molecular complexity index is 939. The summed E-state index contributed by atoms with van der Waals surface area (Å²) >= 11 is 12.0. The number of aliphatic hydroxyl groups is 2. The second-order valence-electron chi connectivity index (χ2n) is 7.06. The molecule has 1 heterocycles. The molecule has 1 aliphatic heterocycles. The molecule has 0 fully saturated rings. The Labute approximate surface area is 167 Å². The zero-order chi connectivity index (χ0) is 19.2. The maximum atomic E-state index is 13.1. The van der Waals surface area contributed by atoms with E-state index in [0.717, 1.165) is 6.42 Å². The third-order valence-electron chi connectivity index (χ3n) is 5.43. The van der Waals surface area contributed by atoms with Gasteiger partial charge in [0.25, 0.3) is 5.91 Å². The van der Waals surface area contributed by atoms with Crippen LogP contribution in [0.4, 0.5) is 0 Å². The van der Waals surface area contributed by atoms with E-state index in [0.29, 0.717) is 35.1 Å². The summed E-state index contributed by atoms with van der Waals surface area (Å²) in [4.78, 5) is 14.7. The van der Waals surface area contributed by atoms with Crippen LogP contribution in [0.1, 0.15) is 23.1 Å². The van der Waals surface area contributed by atoms with Crippen molar-refractivity contribution in [3.63, 3.8) is 0 Å². The highest BCUT2D eigenvalue weighted by molar-refractivity contribution is 6.31. The van der Waals surface area contributed by atoms with E-state index in [9.17, 15) is 15.0 Å². The first kappa shape index (κ1) is 18.5. The standard InChI is InChI=1S/C21H19Cl2NO3/c22-16-5-2-15(3-6-16)21(27,12-25)20(26)24-8-7-18-14(11-24)9-13-1-4-17(23)10-19(13)18/h1-6,10,25,27H,7-9,11-12H2. The molecule has 0 bridgehead atoms. The third kappa shape index (κ3) is 3.17. The average molecular weight is 404 g/mol. The molecule has 2 aromatic carbocycles. The van der Waals surface area contributed by atoms with Crippen molar-refractivity contribution in [3.05, 3.63) is 74.8 Å². The molecule has 1 amide bonds. The van der Waals surface area contributed by atoms with Crippen molar-refractivity contribution in [1.82, 2.24) is 4.90 Å². The Balaban J connectivity index is 1.59. The van der Waals surface area contributed by atoms with Gasteiger partial charge in [-0.25, -0.2) is 0 Å². The predicted molar refractivity (Wildman–Crippen MR) is 106 cm³/mol. The molecule has 0 radical (unpaired) electrons. The maximum absolute atomic E-state index is 13.1. The van der Waals surface area contributed by atoms with E-state index < -0.39 is 18.1 Å². The van der Waals surface area contributed by atoms with Gasteiger partial charge in [0, 0.05) is 23.1 Å². The predicted octanol–water partition coefficient (Wildman–Crippen LogP) is 3.42. The third-order valence-corrected chi connectivity index (χ3v) is 5.92. The van der Waals surface area contributed by atoms with Crippen molar-refractivity contribution >= 4 is 34.7 Å². The summed E-state index contributed by atoms with van der Waals surface area (Å²) < 4.78 is 0. The molecule has 0 aromatic heterocycles. The molecule has 2 aromatic rings. The summed E-state index contributed by atoms with van der Waals surface area (Å²) in [5.41, 5.74) is 3.16. The number of rotatable bonds is 3. The Kier molecular flexibility index (Phi) is 4.77. The van der Waals surface area contributed by atoms with Gasteiger partial charge < -0.3 is 15.1 Å². The molecule has 0 saturated carbocycles. The molecule has 27 heavy (non-hydrogen) atoms. The van der Waals surface area contributed by atoms with Gasteiger partial charge >= 0.3 is 0 Å². The zero-order valence-corrected chi connectivity index (χ0v) is 16.1. The number of benzene rings is 2. The smallest absolute Gasteiger partial charge is 0.261 e. The SMILES string of the molecule is O=C(N1CCC2=C(Cc3ccc(Cl)cc32)C1)C(O)(CO)c1ccc(Cl)cc1. The lowest BCUT2D eigenvalue weighted by atomic mass is 9.91. The van der Waals surface area contributed by atoms with Gasteiger partial charge in [-0.05, 0) is 64.9 Å². The van der Waals surface area contributed by atoms with Crippen LogP contribution in [0.25, 0.3) is 5.57 Å². The van der Waals surface area contributed by atoms with Crippen molar-refractivity contribution in [2.45, 2.75) is 18.4 Å². The Morgan fingerprint density at radius 3 is 2.52 bits per heavy atom. The van der Waals surface area contributed by atoms with Crippen LogP contribution in [0, 0.1) is 0 Å². The fourth-order valence-corrected chi connectivity index (χ4v) is 4.27. The highest BCUT2D eigenvalue weighted by atomic mass is 35.5. The number of carbonyl (C=O) groups excluding carboxylic acids is 1. The molecule has 2 aliphatic rings. The van der Waals surface area contributed by atoms with Gasteiger partial charge in [-0.15, -0.1) is 0 Å². The summed E-state index contributed by atoms with van der Waals surface area (Å²) in [6.45, 7) is 0.238. The molecule has 140 valence electrons. The quantitative estimate of drug-likeness (QED) is 0.825. The minimum absolute atomic E-state index is 0.334. The number of aliphatic hydroxyl groups excluding tert-OH is 1. The zero-order valence-electron chi connectivity index (χ0n) is 14.6. The Morgan fingerprint density at radius 1 is 1.11 bits per heavy atom. The number of amides is 1. The molecule has 1 aliphatic carbocycles. The molecule has 1 unspecified atom stereocenters. The number of nitrogens with zero attached hydrogens (tertiary/aromatic N) is 1. The van der Waals surface area contributed by atoms with Crippen LogP contribution in [-0.4, -0.2) is 40.7 Å². The molecule has 4 nitrogen and oxygen atoms in total. The van der Waals surface area contributed by atoms with E-state index in [1.807, 2.05) is 18.2 Å². The molecular formula is C21H19Cl2NO3. The first-order valence-electron chi connectivity index (χ1n) is 8.81. The summed E-state index contributed by atoms with van der Waals surface area (Å²) in [6.07, 6.45) is 1.49. The first-order valence-corrected chi connectivity index (χ1v) is 9.56. The van der Waals surface area contributed by atoms with Crippen LogP contribution >= 0.6 is 23.2 Å². The van der Waals surface area contributed by atoms with Gasteiger partial charge in [-0.2, -0.15) is 0 Å². The lowest BCUT2D eigenvalue weighted by Gasteiger charge is -2.35. The largest absolute Gasteiger partial charge is 0.392 e. The van der Waals surface area contributed by atoms with Gasteiger partial charge in [0.2, 0.25) is 0 Å². The first-order chi connectivity index (χ1) is 12.9. The van der Waals surface area contributed by atoms with Gasteiger partial charge in [0.1, 0.15) is 0 Å². The number of hydrogen-bond acceptors (Lipinski definition) is 3. The average Bonchev–Trinajstić information content (AvgIpc) is 3.04. The van der Waals surface area contributed by atoms with Crippen molar-refractivity contribution in [3.8, 4) is 0 Å². The van der Waals surface area contributed by atoms with E-state index in [1.165, 1.54) is 22.3 Å². The summed E-state index contributed by atoms with van der Waals surface area (Å²) in [5.74, 6) is -0.493. The van der Waals surface area contributed by atoms with Crippen LogP contribution in [0.2, 0.25) is 10.0 Å². The van der Waals surface area contributed by atoms with Crippen LogP contribution in [0.15, 0.2) is 48.0 Å². The number of carbonyl (C=O) groups is 1. The van der Waals surface area contributed by atoms with E-state index >= 15 is 0 Å². The number of halogens is 2. The van der Waals surface area contributed by atoms with Crippen LogP contribution in [-0.2, 0) is 16.8 Å². The second-order valence-corrected chi connectivity index (χ2v) is 7.94. The normalized spacial score (nSPS) is 18.1. The monoisotopic (exact) mass is 403 g/mol. The van der Waals surface area contributed by atoms with E-state index in [2.05, 4.69) is 0 Å². The molecule has 0 spiro atoms. The fraction of sp³-hybridized carbons (Fsp3) is 0.286. The topological polar surface area (TPSA) is 60.8 Å². The summed E-state index contributed by atoms with van der Waals surface area (Å²) in [5, 5.41) is 22.0. The van der Waals surface area contributed by atoms with Gasteiger partial charge in [-0.1, -0.05) is 41.4 Å². The number of fused-ring (bicyclic) bond motifs is 2.